The fourth-order valence-electron chi connectivity index (χ4n) is 2.28. The Kier molecular flexibility index (Phi) is 3.21. The Morgan fingerprint density at radius 3 is 2.44 bits per heavy atom. The Hall–Kier alpha value is -1.40. The third kappa shape index (κ3) is 2.07. The molecular weight excluding hydrogens is 205 g/mol. The first-order chi connectivity index (χ1) is 7.77. The van der Waals surface area contributed by atoms with Crippen molar-refractivity contribution >= 4 is 0 Å². The lowest BCUT2D eigenvalue weighted by atomic mass is 9.72. The first-order valence-corrected chi connectivity index (χ1v) is 5.48. The molecule has 0 bridgehead atoms. The lowest BCUT2D eigenvalue weighted by molar-refractivity contribution is 0.0515. The summed E-state index contributed by atoms with van der Waals surface area (Å²) in [5, 5.41) is 8.93. The molecule has 0 unspecified atom stereocenters. The van der Waals surface area contributed by atoms with Crippen molar-refractivity contribution in [3.05, 3.63) is 35.6 Å². The summed E-state index contributed by atoms with van der Waals surface area (Å²) in [4.78, 5) is 0. The van der Waals surface area contributed by atoms with Gasteiger partial charge >= 0.3 is 0 Å². The lowest BCUT2D eigenvalue weighted by Gasteiger charge is -2.35. The molecule has 0 atom stereocenters. The highest BCUT2D eigenvalue weighted by Gasteiger charge is 2.34. The number of nitrogens with zero attached hydrogens (tertiary/aromatic N) is 1. The van der Waals surface area contributed by atoms with E-state index in [9.17, 15) is 4.39 Å². The van der Waals surface area contributed by atoms with Gasteiger partial charge in [-0.25, -0.2) is 4.39 Å². The lowest BCUT2D eigenvalue weighted by Crippen LogP contribution is -2.33. The predicted molar refractivity (Wildman–Crippen MR) is 58.4 cm³/mol. The number of hydrogen-bond acceptors (Lipinski definition) is 2. The highest BCUT2D eigenvalue weighted by atomic mass is 19.1. The molecule has 84 valence electrons. The van der Waals surface area contributed by atoms with Crippen molar-refractivity contribution in [1.82, 2.24) is 0 Å². The van der Waals surface area contributed by atoms with Crippen LogP contribution in [0.15, 0.2) is 24.3 Å². The average molecular weight is 219 g/mol. The quantitative estimate of drug-likeness (QED) is 0.766. The van der Waals surface area contributed by atoms with Gasteiger partial charge in [-0.05, 0) is 30.5 Å². The van der Waals surface area contributed by atoms with Gasteiger partial charge in [0, 0.05) is 25.0 Å². The zero-order valence-corrected chi connectivity index (χ0v) is 9.08. The van der Waals surface area contributed by atoms with E-state index in [-0.39, 0.29) is 11.2 Å². The van der Waals surface area contributed by atoms with E-state index in [1.54, 1.807) is 12.1 Å². The normalized spacial score (nSPS) is 19.0. The van der Waals surface area contributed by atoms with Gasteiger partial charge in [-0.1, -0.05) is 12.1 Å². The maximum Gasteiger partial charge on any atom is 0.123 e. The fourth-order valence-corrected chi connectivity index (χ4v) is 2.28. The minimum absolute atomic E-state index is 0.138. The maximum absolute atomic E-state index is 12.9. The number of rotatable bonds is 2. The van der Waals surface area contributed by atoms with Crippen LogP contribution in [-0.4, -0.2) is 13.2 Å². The van der Waals surface area contributed by atoms with Crippen LogP contribution in [0.3, 0.4) is 0 Å². The van der Waals surface area contributed by atoms with E-state index in [0.717, 1.165) is 18.4 Å². The smallest absolute Gasteiger partial charge is 0.123 e. The molecule has 1 aromatic carbocycles. The molecule has 2 nitrogen and oxygen atoms in total. The Bertz CT molecular complexity index is 387. The zero-order chi connectivity index (χ0) is 11.4. The number of nitriles is 1. The van der Waals surface area contributed by atoms with Crippen LogP contribution >= 0.6 is 0 Å². The van der Waals surface area contributed by atoms with Crippen molar-refractivity contribution in [3.8, 4) is 6.07 Å². The average Bonchev–Trinajstić information content (AvgIpc) is 2.31. The summed E-state index contributed by atoms with van der Waals surface area (Å²) >= 11 is 0. The highest BCUT2D eigenvalue weighted by Crippen LogP contribution is 2.37. The van der Waals surface area contributed by atoms with Crippen LogP contribution in [0.1, 0.15) is 24.8 Å². The van der Waals surface area contributed by atoms with Crippen LogP contribution in [-0.2, 0) is 10.2 Å². The first-order valence-electron chi connectivity index (χ1n) is 5.48. The number of hydrogen-bond donors (Lipinski definition) is 0. The van der Waals surface area contributed by atoms with Crippen molar-refractivity contribution in [2.24, 2.45) is 0 Å². The largest absolute Gasteiger partial charge is 0.381 e. The minimum Gasteiger partial charge on any atom is -0.381 e. The number of benzene rings is 1. The molecule has 0 amide bonds. The molecule has 1 aromatic rings. The van der Waals surface area contributed by atoms with E-state index < -0.39 is 0 Å². The van der Waals surface area contributed by atoms with Crippen LogP contribution in [0.25, 0.3) is 0 Å². The summed E-state index contributed by atoms with van der Waals surface area (Å²) in [5.74, 6) is -0.233. The Morgan fingerprint density at radius 1 is 1.25 bits per heavy atom. The van der Waals surface area contributed by atoms with Crippen LogP contribution in [0, 0.1) is 17.1 Å². The van der Waals surface area contributed by atoms with Crippen molar-refractivity contribution in [1.29, 1.82) is 5.26 Å². The van der Waals surface area contributed by atoms with E-state index in [4.69, 9.17) is 10.00 Å². The molecule has 1 aliphatic rings. The Morgan fingerprint density at radius 2 is 1.88 bits per heavy atom. The molecule has 0 spiro atoms. The van der Waals surface area contributed by atoms with Gasteiger partial charge in [0.25, 0.3) is 0 Å². The zero-order valence-electron chi connectivity index (χ0n) is 9.08. The van der Waals surface area contributed by atoms with Crippen LogP contribution in [0.5, 0.6) is 0 Å². The fraction of sp³-hybridized carbons (Fsp3) is 0.462. The van der Waals surface area contributed by atoms with E-state index >= 15 is 0 Å². The minimum atomic E-state index is -0.233. The summed E-state index contributed by atoms with van der Waals surface area (Å²) in [6, 6.07) is 8.75. The standard InChI is InChI=1S/C13H14FNO/c14-12-3-1-11(2-4-12)13(5-8-15)6-9-16-10-7-13/h1-4H,5-7,9-10H2. The maximum atomic E-state index is 12.9. The van der Waals surface area contributed by atoms with Gasteiger partial charge in [0.05, 0.1) is 6.07 Å². The van der Waals surface area contributed by atoms with Crippen molar-refractivity contribution in [2.75, 3.05) is 13.2 Å². The predicted octanol–water partition coefficient (Wildman–Crippen LogP) is 2.79. The molecular formula is C13H14FNO. The van der Waals surface area contributed by atoms with E-state index in [1.165, 1.54) is 12.1 Å². The summed E-state index contributed by atoms with van der Waals surface area (Å²) in [6.45, 7) is 1.36. The Balaban J connectivity index is 2.31. The van der Waals surface area contributed by atoms with Gasteiger partial charge in [-0.3, -0.25) is 0 Å². The summed E-state index contributed by atoms with van der Waals surface area (Å²) in [5.41, 5.74) is 0.916. The van der Waals surface area contributed by atoms with E-state index in [2.05, 4.69) is 6.07 Å². The molecule has 3 heteroatoms. The monoisotopic (exact) mass is 219 g/mol. The summed E-state index contributed by atoms with van der Waals surface area (Å²) in [6.07, 6.45) is 2.15. The van der Waals surface area contributed by atoms with Gasteiger partial charge in [-0.2, -0.15) is 5.26 Å². The summed E-state index contributed by atoms with van der Waals surface area (Å²) in [7, 11) is 0. The highest BCUT2D eigenvalue weighted by molar-refractivity contribution is 5.27. The molecule has 2 rings (SSSR count). The van der Waals surface area contributed by atoms with Gasteiger partial charge in [0.15, 0.2) is 0 Å². The molecule has 1 fully saturated rings. The second-order valence-corrected chi connectivity index (χ2v) is 4.23. The second-order valence-electron chi connectivity index (χ2n) is 4.23. The van der Waals surface area contributed by atoms with E-state index in [0.29, 0.717) is 19.6 Å². The molecule has 16 heavy (non-hydrogen) atoms. The molecule has 1 heterocycles. The van der Waals surface area contributed by atoms with Gasteiger partial charge in [0.1, 0.15) is 5.82 Å². The van der Waals surface area contributed by atoms with Crippen LogP contribution < -0.4 is 0 Å². The van der Waals surface area contributed by atoms with Gasteiger partial charge in [0.2, 0.25) is 0 Å². The van der Waals surface area contributed by atoms with Crippen molar-refractivity contribution in [3.63, 3.8) is 0 Å². The number of ether oxygens (including phenoxy) is 1. The molecule has 0 radical (unpaired) electrons. The Labute approximate surface area is 94.7 Å². The molecule has 1 saturated heterocycles. The van der Waals surface area contributed by atoms with Crippen LogP contribution in [0.4, 0.5) is 4.39 Å². The topological polar surface area (TPSA) is 33.0 Å². The van der Waals surface area contributed by atoms with Crippen molar-refractivity contribution in [2.45, 2.75) is 24.7 Å². The molecule has 0 saturated carbocycles. The van der Waals surface area contributed by atoms with Gasteiger partial charge in [-0.15, -0.1) is 0 Å². The van der Waals surface area contributed by atoms with Gasteiger partial charge < -0.3 is 4.74 Å². The van der Waals surface area contributed by atoms with E-state index in [1.807, 2.05) is 0 Å². The van der Waals surface area contributed by atoms with Crippen molar-refractivity contribution < 1.29 is 9.13 Å². The SMILES string of the molecule is N#CCC1(c2ccc(F)cc2)CCOCC1. The molecule has 0 N–H and O–H groups in total. The molecule has 1 aliphatic heterocycles. The third-order valence-electron chi connectivity index (χ3n) is 3.32. The van der Waals surface area contributed by atoms with Crippen LogP contribution in [0.2, 0.25) is 0 Å². The third-order valence-corrected chi connectivity index (χ3v) is 3.32. The number of halogens is 1. The first kappa shape index (κ1) is 11.1. The molecule has 0 aromatic heterocycles. The summed E-state index contributed by atoms with van der Waals surface area (Å²) < 4.78 is 18.2. The second kappa shape index (κ2) is 4.63. The molecule has 0 aliphatic carbocycles.